The van der Waals surface area contributed by atoms with Crippen LogP contribution in [-0.4, -0.2) is 12.6 Å². The van der Waals surface area contributed by atoms with E-state index in [0.717, 1.165) is 20.2 Å². The minimum Gasteiger partial charge on any atom is -0.464 e. The van der Waals surface area contributed by atoms with Crippen LogP contribution >= 0.6 is 31.9 Å². The molecule has 0 aromatic heterocycles. The van der Waals surface area contributed by atoms with Crippen molar-refractivity contribution in [2.45, 2.75) is 13.0 Å². The van der Waals surface area contributed by atoms with Crippen molar-refractivity contribution < 1.29 is 9.53 Å². The number of hydrogen-bond acceptors (Lipinski definition) is 3. The summed E-state index contributed by atoms with van der Waals surface area (Å²) in [6.07, 6.45) is 0. The van der Waals surface area contributed by atoms with Gasteiger partial charge in [0, 0.05) is 14.6 Å². The lowest BCUT2D eigenvalue weighted by Gasteiger charge is -2.19. The average Bonchev–Trinajstić information content (AvgIpc) is 2.49. The molecule has 21 heavy (non-hydrogen) atoms. The van der Waals surface area contributed by atoms with Crippen molar-refractivity contribution in [2.24, 2.45) is 0 Å². The van der Waals surface area contributed by atoms with Crippen molar-refractivity contribution in [3.8, 4) is 0 Å². The molecule has 0 spiro atoms. The number of carbonyl (C=O) groups is 1. The van der Waals surface area contributed by atoms with Gasteiger partial charge in [0.15, 0.2) is 6.04 Å². The van der Waals surface area contributed by atoms with E-state index in [9.17, 15) is 4.79 Å². The molecule has 0 aliphatic heterocycles. The molecule has 2 rings (SSSR count). The zero-order chi connectivity index (χ0) is 15.2. The highest BCUT2D eigenvalue weighted by Crippen LogP contribution is 2.28. The average molecular weight is 413 g/mol. The van der Waals surface area contributed by atoms with E-state index in [1.807, 2.05) is 48.5 Å². The van der Waals surface area contributed by atoms with Gasteiger partial charge in [-0.3, -0.25) is 0 Å². The van der Waals surface area contributed by atoms with E-state index >= 15 is 0 Å². The van der Waals surface area contributed by atoms with Crippen LogP contribution in [0.4, 0.5) is 5.69 Å². The first kappa shape index (κ1) is 16.0. The summed E-state index contributed by atoms with van der Waals surface area (Å²) in [5.74, 6) is -0.296. The highest BCUT2D eigenvalue weighted by atomic mass is 79.9. The Morgan fingerprint density at radius 2 is 1.86 bits per heavy atom. The molecule has 0 saturated heterocycles. The van der Waals surface area contributed by atoms with Gasteiger partial charge in [0.05, 0.1) is 6.61 Å². The van der Waals surface area contributed by atoms with Gasteiger partial charge in [0.2, 0.25) is 0 Å². The van der Waals surface area contributed by atoms with Gasteiger partial charge in [-0.05, 0) is 68.6 Å². The number of para-hydroxylation sites is 1. The van der Waals surface area contributed by atoms with Crippen molar-refractivity contribution in [3.05, 3.63) is 63.0 Å². The second-order valence-electron chi connectivity index (χ2n) is 4.37. The number of hydrogen-bond donors (Lipinski definition) is 1. The van der Waals surface area contributed by atoms with Crippen molar-refractivity contribution in [1.29, 1.82) is 0 Å². The molecule has 0 saturated carbocycles. The molecule has 5 heteroatoms. The summed E-state index contributed by atoms with van der Waals surface area (Å²) in [4.78, 5) is 12.2. The quantitative estimate of drug-likeness (QED) is 0.707. The maximum atomic E-state index is 12.2. The van der Waals surface area contributed by atoms with Crippen molar-refractivity contribution in [3.63, 3.8) is 0 Å². The molecule has 2 aromatic carbocycles. The summed E-state index contributed by atoms with van der Waals surface area (Å²) in [6.45, 7) is 2.15. The fraction of sp³-hybridized carbons (Fsp3) is 0.188. The summed E-state index contributed by atoms with van der Waals surface area (Å²) >= 11 is 6.89. The molecule has 2 aromatic rings. The molecule has 0 amide bonds. The summed E-state index contributed by atoms with van der Waals surface area (Å²) in [5.41, 5.74) is 1.71. The number of halogens is 2. The first-order valence-corrected chi connectivity index (χ1v) is 8.13. The highest BCUT2D eigenvalue weighted by molar-refractivity contribution is 9.13. The third-order valence-electron chi connectivity index (χ3n) is 2.88. The standard InChI is InChI=1S/C16H15Br2NO2/c1-2-21-16(20)15(19-12-6-4-3-5-7-12)11-8-9-13(17)14(18)10-11/h3-10,15,19H,2H2,1H3. The number of ether oxygens (including phenoxy) is 1. The molecule has 1 N–H and O–H groups in total. The minimum absolute atomic E-state index is 0.296. The smallest absolute Gasteiger partial charge is 0.333 e. The van der Waals surface area contributed by atoms with Gasteiger partial charge < -0.3 is 10.1 Å². The van der Waals surface area contributed by atoms with Crippen molar-refractivity contribution >= 4 is 43.5 Å². The molecular weight excluding hydrogens is 398 g/mol. The number of benzene rings is 2. The van der Waals surface area contributed by atoms with Gasteiger partial charge in [-0.2, -0.15) is 0 Å². The zero-order valence-corrected chi connectivity index (χ0v) is 14.6. The van der Waals surface area contributed by atoms with Gasteiger partial charge in [0.25, 0.3) is 0 Å². The van der Waals surface area contributed by atoms with E-state index in [4.69, 9.17) is 4.74 Å². The van der Waals surface area contributed by atoms with Crippen LogP contribution in [0.3, 0.4) is 0 Å². The van der Waals surface area contributed by atoms with Gasteiger partial charge in [-0.25, -0.2) is 4.79 Å². The topological polar surface area (TPSA) is 38.3 Å². The van der Waals surface area contributed by atoms with Gasteiger partial charge in [-0.15, -0.1) is 0 Å². The predicted octanol–water partition coefficient (Wildman–Crippen LogP) is 4.93. The fourth-order valence-electron chi connectivity index (χ4n) is 1.90. The summed E-state index contributed by atoms with van der Waals surface area (Å²) in [7, 11) is 0. The van der Waals surface area contributed by atoms with E-state index in [0.29, 0.717) is 6.61 Å². The highest BCUT2D eigenvalue weighted by Gasteiger charge is 2.22. The maximum absolute atomic E-state index is 12.2. The minimum atomic E-state index is -0.545. The Bertz CT molecular complexity index is 617. The molecule has 3 nitrogen and oxygen atoms in total. The largest absolute Gasteiger partial charge is 0.464 e. The monoisotopic (exact) mass is 411 g/mol. The predicted molar refractivity (Wildman–Crippen MR) is 91.3 cm³/mol. The third-order valence-corrected chi connectivity index (χ3v) is 4.76. The van der Waals surface area contributed by atoms with Crippen LogP contribution in [0.1, 0.15) is 18.5 Å². The second-order valence-corrected chi connectivity index (χ2v) is 6.08. The molecule has 1 atom stereocenters. The molecule has 0 heterocycles. The van der Waals surface area contributed by atoms with Crippen molar-refractivity contribution in [2.75, 3.05) is 11.9 Å². The van der Waals surface area contributed by atoms with Crippen LogP contribution in [0.25, 0.3) is 0 Å². The Balaban J connectivity index is 2.31. The SMILES string of the molecule is CCOC(=O)C(Nc1ccccc1)c1ccc(Br)c(Br)c1. The number of esters is 1. The number of anilines is 1. The van der Waals surface area contributed by atoms with E-state index < -0.39 is 6.04 Å². The summed E-state index contributed by atoms with van der Waals surface area (Å²) < 4.78 is 7.00. The molecule has 0 radical (unpaired) electrons. The lowest BCUT2D eigenvalue weighted by atomic mass is 10.1. The first-order valence-electron chi connectivity index (χ1n) is 6.55. The van der Waals surface area contributed by atoms with Crippen LogP contribution in [0, 0.1) is 0 Å². The van der Waals surface area contributed by atoms with E-state index in [-0.39, 0.29) is 5.97 Å². The Morgan fingerprint density at radius 3 is 2.48 bits per heavy atom. The van der Waals surface area contributed by atoms with E-state index in [1.54, 1.807) is 6.92 Å². The molecule has 0 aliphatic carbocycles. The number of rotatable bonds is 5. The van der Waals surface area contributed by atoms with Gasteiger partial charge >= 0.3 is 5.97 Å². The van der Waals surface area contributed by atoms with Gasteiger partial charge in [0.1, 0.15) is 0 Å². The first-order chi connectivity index (χ1) is 10.1. The van der Waals surface area contributed by atoms with Crippen LogP contribution in [-0.2, 0) is 9.53 Å². The molecule has 0 bridgehead atoms. The normalized spacial score (nSPS) is 11.8. The van der Waals surface area contributed by atoms with Crippen molar-refractivity contribution in [1.82, 2.24) is 0 Å². The molecule has 110 valence electrons. The Hall–Kier alpha value is -1.33. The molecular formula is C16H15Br2NO2. The number of carbonyl (C=O) groups excluding carboxylic acids is 1. The van der Waals surface area contributed by atoms with Gasteiger partial charge in [-0.1, -0.05) is 24.3 Å². The van der Waals surface area contributed by atoms with Crippen LogP contribution in [0.2, 0.25) is 0 Å². The Kier molecular flexibility index (Phi) is 5.82. The van der Waals surface area contributed by atoms with Crippen LogP contribution < -0.4 is 5.32 Å². The fourth-order valence-corrected chi connectivity index (χ4v) is 2.54. The van der Waals surface area contributed by atoms with E-state index in [2.05, 4.69) is 37.2 Å². The summed E-state index contributed by atoms with van der Waals surface area (Å²) in [5, 5.41) is 3.22. The molecule has 1 unspecified atom stereocenters. The van der Waals surface area contributed by atoms with Crippen LogP contribution in [0.15, 0.2) is 57.5 Å². The summed E-state index contributed by atoms with van der Waals surface area (Å²) in [6, 6.07) is 14.8. The molecule has 0 aliphatic rings. The lowest BCUT2D eigenvalue weighted by molar-refractivity contribution is -0.144. The zero-order valence-electron chi connectivity index (χ0n) is 11.5. The Labute approximate surface area is 141 Å². The van der Waals surface area contributed by atoms with Crippen LogP contribution in [0.5, 0.6) is 0 Å². The lowest BCUT2D eigenvalue weighted by Crippen LogP contribution is -2.23. The maximum Gasteiger partial charge on any atom is 0.333 e. The number of nitrogens with one attached hydrogen (secondary N) is 1. The third kappa shape index (κ3) is 4.32. The van der Waals surface area contributed by atoms with E-state index in [1.165, 1.54) is 0 Å². The Morgan fingerprint density at radius 1 is 1.14 bits per heavy atom. The molecule has 0 fully saturated rings. The second kappa shape index (κ2) is 7.61.